The van der Waals surface area contributed by atoms with Crippen molar-refractivity contribution in [1.29, 1.82) is 0 Å². The van der Waals surface area contributed by atoms with Gasteiger partial charge in [-0.1, -0.05) is 55.2 Å². The summed E-state index contributed by atoms with van der Waals surface area (Å²) in [6.07, 6.45) is -2.01. The summed E-state index contributed by atoms with van der Waals surface area (Å²) in [6, 6.07) is 11.9. The second-order valence-electron chi connectivity index (χ2n) is 6.44. The molecule has 1 amide bonds. The first-order valence-corrected chi connectivity index (χ1v) is 10.1. The van der Waals surface area contributed by atoms with Crippen LogP contribution in [0.25, 0.3) is 6.08 Å². The molecule has 0 spiro atoms. The van der Waals surface area contributed by atoms with Gasteiger partial charge in [0.1, 0.15) is 5.75 Å². The van der Waals surface area contributed by atoms with Crippen molar-refractivity contribution in [1.82, 2.24) is 0 Å². The zero-order valence-corrected chi connectivity index (χ0v) is 17.3. The van der Waals surface area contributed by atoms with E-state index in [-0.39, 0.29) is 16.1 Å². The lowest BCUT2D eigenvalue weighted by Crippen LogP contribution is -2.27. The monoisotopic (exact) mass is 437 g/mol. The van der Waals surface area contributed by atoms with Crippen LogP contribution < -0.4 is 9.64 Å². The van der Waals surface area contributed by atoms with Crippen LogP contribution in [-0.4, -0.2) is 16.3 Å². The Hall–Kier alpha value is -2.32. The summed E-state index contributed by atoms with van der Waals surface area (Å²) in [6.45, 7) is 3.96. The van der Waals surface area contributed by atoms with Crippen molar-refractivity contribution >= 4 is 46.0 Å². The largest absolute Gasteiger partial charge is 0.490 e. The van der Waals surface area contributed by atoms with Crippen LogP contribution >= 0.6 is 24.0 Å². The highest BCUT2D eigenvalue weighted by Gasteiger charge is 2.36. The molecular weight excluding hydrogens is 419 g/mol. The number of hydrogen-bond donors (Lipinski definition) is 0. The molecule has 0 radical (unpaired) electrons. The molecule has 0 saturated carbocycles. The smallest absolute Gasteiger partial charge is 0.416 e. The number of benzene rings is 2. The van der Waals surface area contributed by atoms with Gasteiger partial charge in [0.05, 0.1) is 22.3 Å². The van der Waals surface area contributed by atoms with E-state index in [1.165, 1.54) is 12.1 Å². The fourth-order valence-electron chi connectivity index (χ4n) is 2.66. The summed E-state index contributed by atoms with van der Waals surface area (Å²) in [7, 11) is 0. The van der Waals surface area contributed by atoms with E-state index in [0.29, 0.717) is 16.2 Å². The number of alkyl halides is 3. The van der Waals surface area contributed by atoms with Crippen LogP contribution in [0.4, 0.5) is 18.9 Å². The predicted molar refractivity (Wildman–Crippen MR) is 114 cm³/mol. The molecule has 0 aliphatic carbocycles. The second kappa shape index (κ2) is 8.59. The highest BCUT2D eigenvalue weighted by molar-refractivity contribution is 8.27. The molecule has 2 aromatic rings. The van der Waals surface area contributed by atoms with Crippen molar-refractivity contribution in [2.24, 2.45) is 0 Å². The minimum Gasteiger partial charge on any atom is -0.490 e. The minimum absolute atomic E-state index is 0.00386. The molecule has 1 atom stereocenters. The van der Waals surface area contributed by atoms with E-state index in [2.05, 4.69) is 0 Å². The maximum Gasteiger partial charge on any atom is 0.416 e. The van der Waals surface area contributed by atoms with E-state index >= 15 is 0 Å². The van der Waals surface area contributed by atoms with E-state index in [4.69, 9.17) is 17.0 Å². The van der Waals surface area contributed by atoms with Crippen molar-refractivity contribution in [3.8, 4) is 5.75 Å². The zero-order chi connectivity index (χ0) is 21.2. The number of hydrogen-bond acceptors (Lipinski definition) is 4. The zero-order valence-electron chi connectivity index (χ0n) is 15.7. The molecule has 2 aromatic carbocycles. The number of rotatable bonds is 5. The van der Waals surface area contributed by atoms with E-state index in [1.807, 2.05) is 38.1 Å². The first-order chi connectivity index (χ1) is 13.7. The lowest BCUT2D eigenvalue weighted by molar-refractivity contribution is -0.137. The first-order valence-electron chi connectivity index (χ1n) is 8.91. The average molecular weight is 438 g/mol. The molecule has 29 heavy (non-hydrogen) atoms. The number of para-hydroxylation sites is 1. The molecule has 1 heterocycles. The lowest BCUT2D eigenvalue weighted by atomic mass is 10.1. The van der Waals surface area contributed by atoms with E-state index in [9.17, 15) is 18.0 Å². The van der Waals surface area contributed by atoms with Crippen LogP contribution in [0.5, 0.6) is 5.75 Å². The summed E-state index contributed by atoms with van der Waals surface area (Å²) in [5.41, 5.74) is -0.0347. The number of anilines is 1. The fourth-order valence-corrected chi connectivity index (χ4v) is 3.95. The predicted octanol–water partition coefficient (Wildman–Crippen LogP) is 6.29. The number of carbonyl (C=O) groups excluding carboxylic acids is 1. The van der Waals surface area contributed by atoms with Crippen LogP contribution in [-0.2, 0) is 11.0 Å². The van der Waals surface area contributed by atoms with Crippen LogP contribution in [0, 0.1) is 0 Å². The Balaban J connectivity index is 1.92. The van der Waals surface area contributed by atoms with E-state index in [1.54, 1.807) is 6.08 Å². The van der Waals surface area contributed by atoms with Gasteiger partial charge in [0.2, 0.25) is 0 Å². The molecule has 3 nitrogen and oxygen atoms in total. The van der Waals surface area contributed by atoms with E-state index < -0.39 is 17.6 Å². The first kappa shape index (κ1) is 21.4. The Labute approximate surface area is 176 Å². The maximum atomic E-state index is 13.0. The molecule has 1 aliphatic heterocycles. The van der Waals surface area contributed by atoms with Crippen LogP contribution in [0.3, 0.4) is 0 Å². The Morgan fingerprint density at radius 3 is 2.62 bits per heavy atom. The van der Waals surface area contributed by atoms with Crippen molar-refractivity contribution in [3.63, 3.8) is 0 Å². The average Bonchev–Trinajstić information content (AvgIpc) is 2.96. The third-order valence-electron chi connectivity index (χ3n) is 4.33. The Morgan fingerprint density at radius 2 is 1.93 bits per heavy atom. The number of ether oxygens (including phenoxy) is 1. The molecule has 0 aromatic heterocycles. The molecule has 0 unspecified atom stereocenters. The van der Waals surface area contributed by atoms with Crippen LogP contribution in [0.1, 0.15) is 31.4 Å². The maximum absolute atomic E-state index is 13.0. The lowest BCUT2D eigenvalue weighted by Gasteiger charge is -2.16. The van der Waals surface area contributed by atoms with Gasteiger partial charge in [0, 0.05) is 5.56 Å². The van der Waals surface area contributed by atoms with Crippen molar-refractivity contribution in [2.75, 3.05) is 4.90 Å². The van der Waals surface area contributed by atoms with Gasteiger partial charge in [0.15, 0.2) is 4.32 Å². The topological polar surface area (TPSA) is 29.5 Å². The van der Waals surface area contributed by atoms with Gasteiger partial charge >= 0.3 is 6.18 Å². The molecule has 1 fully saturated rings. The molecule has 0 N–H and O–H groups in total. The highest BCUT2D eigenvalue weighted by Crippen LogP contribution is 2.39. The summed E-state index contributed by atoms with van der Waals surface area (Å²) in [5, 5.41) is 0. The molecule has 152 valence electrons. The molecule has 1 saturated heterocycles. The highest BCUT2D eigenvalue weighted by atomic mass is 32.2. The fraction of sp³-hybridized carbons (Fsp3) is 0.238. The minimum atomic E-state index is -4.50. The Bertz CT molecular complexity index is 972. The van der Waals surface area contributed by atoms with Gasteiger partial charge in [-0.15, -0.1) is 0 Å². The standard InChI is InChI=1S/C21H18F3NO2S2/c1-3-13(2)27-17-10-5-4-7-14(17)11-18-19(26)25(20(28)29-18)16-9-6-8-15(12-16)21(22,23)24/h4-13H,3H2,1-2H3/b18-11-/t13-/m1/s1. The third-order valence-corrected chi connectivity index (χ3v) is 5.64. The normalized spacial score (nSPS) is 17.1. The number of carbonyl (C=O) groups is 1. The molecule has 8 heteroatoms. The molecule has 1 aliphatic rings. The quantitative estimate of drug-likeness (QED) is 0.406. The van der Waals surface area contributed by atoms with Crippen LogP contribution in [0.15, 0.2) is 53.4 Å². The van der Waals surface area contributed by atoms with Crippen molar-refractivity contribution in [2.45, 2.75) is 32.5 Å². The van der Waals surface area contributed by atoms with Gasteiger partial charge < -0.3 is 4.74 Å². The molecule has 0 bridgehead atoms. The van der Waals surface area contributed by atoms with Gasteiger partial charge in [-0.05, 0) is 43.7 Å². The number of nitrogens with zero attached hydrogens (tertiary/aromatic N) is 1. The molecular formula is C21H18F3NO2S2. The molecule has 3 rings (SSSR count). The second-order valence-corrected chi connectivity index (χ2v) is 8.12. The summed E-state index contributed by atoms with van der Waals surface area (Å²) >= 11 is 6.32. The van der Waals surface area contributed by atoms with Gasteiger partial charge in [-0.25, -0.2) is 0 Å². The van der Waals surface area contributed by atoms with Gasteiger partial charge in [-0.2, -0.15) is 13.2 Å². The summed E-state index contributed by atoms with van der Waals surface area (Å²) < 4.78 is 45.1. The summed E-state index contributed by atoms with van der Waals surface area (Å²) in [4.78, 5) is 14.3. The van der Waals surface area contributed by atoms with Gasteiger partial charge in [-0.3, -0.25) is 9.69 Å². The Morgan fingerprint density at radius 1 is 1.21 bits per heavy atom. The van der Waals surface area contributed by atoms with Crippen LogP contribution in [0.2, 0.25) is 0 Å². The number of thiocarbonyl (C=S) groups is 1. The number of halogens is 3. The van der Waals surface area contributed by atoms with E-state index in [0.717, 1.165) is 35.2 Å². The number of thioether (sulfide) groups is 1. The number of amides is 1. The SMILES string of the molecule is CC[C@@H](C)Oc1ccccc1/C=C1\SC(=S)N(c2cccc(C(F)(F)F)c2)C1=O. The third kappa shape index (κ3) is 4.82. The van der Waals surface area contributed by atoms with Crippen molar-refractivity contribution in [3.05, 3.63) is 64.6 Å². The Kier molecular flexibility index (Phi) is 6.33. The van der Waals surface area contributed by atoms with Crippen molar-refractivity contribution < 1.29 is 22.7 Å². The summed E-state index contributed by atoms with van der Waals surface area (Å²) in [5.74, 6) is 0.170. The van der Waals surface area contributed by atoms with Gasteiger partial charge in [0.25, 0.3) is 5.91 Å².